The van der Waals surface area contributed by atoms with Crippen molar-refractivity contribution in [2.24, 2.45) is 0 Å². The van der Waals surface area contributed by atoms with Crippen LogP contribution in [0.2, 0.25) is 0 Å². The Bertz CT molecular complexity index is 91.6. The van der Waals surface area contributed by atoms with E-state index in [9.17, 15) is 0 Å². The van der Waals surface area contributed by atoms with E-state index < -0.39 is 0 Å². The normalized spacial score (nSPS) is 31.8. The Labute approximate surface area is 68.7 Å². The quantitative estimate of drug-likeness (QED) is 0.664. The maximum atomic E-state index is 5.07. The molecule has 10 heavy (non-hydrogen) atoms. The molecule has 1 N–H and O–H groups in total. The Hall–Kier alpha value is 0.210. The molecule has 1 unspecified atom stereocenters. The molecule has 0 saturated carbocycles. The van der Waals surface area contributed by atoms with Crippen LogP contribution in [0.1, 0.15) is 19.8 Å². The average Bonchev–Trinajstić information content (AvgIpc) is 2.16. The molecule has 0 spiro atoms. The average molecular weight is 166 g/mol. The second-order valence-electron chi connectivity index (χ2n) is 3.02. The van der Waals surface area contributed by atoms with Crippen molar-refractivity contribution in [3.05, 3.63) is 0 Å². The van der Waals surface area contributed by atoms with Gasteiger partial charge in [0.2, 0.25) is 0 Å². The molecular weight excluding hydrogens is 150 g/mol. The van der Waals surface area contributed by atoms with Gasteiger partial charge in [-0.3, -0.25) is 0 Å². The van der Waals surface area contributed by atoms with Crippen molar-refractivity contribution in [2.45, 2.75) is 25.3 Å². The summed E-state index contributed by atoms with van der Waals surface area (Å²) in [6, 6.07) is 0. The summed E-state index contributed by atoms with van der Waals surface area (Å²) in [4.78, 5) is 0. The summed E-state index contributed by atoms with van der Waals surface area (Å²) >= 11 is 0. The summed E-state index contributed by atoms with van der Waals surface area (Å²) in [7, 11) is 1.76. The van der Waals surface area contributed by atoms with E-state index in [0.717, 1.165) is 13.2 Å². The third kappa shape index (κ3) is 2.45. The van der Waals surface area contributed by atoms with Crippen molar-refractivity contribution in [2.75, 3.05) is 20.3 Å². The first-order valence-electron chi connectivity index (χ1n) is 3.51. The second-order valence-corrected chi connectivity index (χ2v) is 3.02. The minimum atomic E-state index is 0. The summed E-state index contributed by atoms with van der Waals surface area (Å²) in [6.45, 7) is 4.20. The molecule has 0 aromatic heterocycles. The lowest BCUT2D eigenvalue weighted by Gasteiger charge is -2.22. The minimum absolute atomic E-state index is 0. The number of ether oxygens (including phenoxy) is 1. The third-order valence-corrected chi connectivity index (χ3v) is 1.92. The predicted molar refractivity (Wildman–Crippen MR) is 44.8 cm³/mol. The minimum Gasteiger partial charge on any atom is -0.383 e. The first-order valence-corrected chi connectivity index (χ1v) is 3.51. The van der Waals surface area contributed by atoms with E-state index in [-0.39, 0.29) is 17.9 Å². The fraction of sp³-hybridized carbons (Fsp3) is 1.00. The Morgan fingerprint density at radius 2 is 2.30 bits per heavy atom. The van der Waals surface area contributed by atoms with Gasteiger partial charge in [0, 0.05) is 12.6 Å². The molecule has 1 aliphatic rings. The number of nitrogens with one attached hydrogen (secondary N) is 1. The van der Waals surface area contributed by atoms with E-state index in [2.05, 4.69) is 12.2 Å². The highest BCUT2D eigenvalue weighted by Gasteiger charge is 2.27. The molecule has 2 nitrogen and oxygen atoms in total. The van der Waals surface area contributed by atoms with Crippen LogP contribution < -0.4 is 5.32 Å². The summed E-state index contributed by atoms with van der Waals surface area (Å²) in [6.07, 6.45) is 2.54. The van der Waals surface area contributed by atoms with Crippen LogP contribution in [-0.2, 0) is 4.74 Å². The van der Waals surface area contributed by atoms with Crippen LogP contribution in [0.5, 0.6) is 0 Å². The number of hydrogen-bond donors (Lipinski definition) is 1. The molecule has 0 aromatic carbocycles. The highest BCUT2D eigenvalue weighted by atomic mass is 35.5. The Morgan fingerprint density at radius 3 is 2.70 bits per heavy atom. The van der Waals surface area contributed by atoms with Crippen LogP contribution in [0.4, 0.5) is 0 Å². The molecule has 1 aliphatic heterocycles. The van der Waals surface area contributed by atoms with Gasteiger partial charge in [0.25, 0.3) is 0 Å². The molecule has 62 valence electrons. The molecule has 1 heterocycles. The standard InChI is InChI=1S/C7H15NO.ClH/c1-7(6-9-2)4-3-5-8-7;/h8H,3-6H2,1-2H3;1H. The maximum Gasteiger partial charge on any atom is 0.0641 e. The van der Waals surface area contributed by atoms with Gasteiger partial charge < -0.3 is 10.1 Å². The zero-order valence-corrected chi connectivity index (χ0v) is 7.46. The fourth-order valence-corrected chi connectivity index (χ4v) is 1.40. The molecule has 3 heteroatoms. The highest BCUT2D eigenvalue weighted by Crippen LogP contribution is 2.17. The summed E-state index contributed by atoms with van der Waals surface area (Å²) < 4.78 is 5.07. The zero-order chi connectivity index (χ0) is 6.74. The van der Waals surface area contributed by atoms with Crippen molar-refractivity contribution in [1.29, 1.82) is 0 Å². The monoisotopic (exact) mass is 165 g/mol. The lowest BCUT2D eigenvalue weighted by atomic mass is 10.0. The van der Waals surface area contributed by atoms with Gasteiger partial charge in [0.05, 0.1) is 6.61 Å². The smallest absolute Gasteiger partial charge is 0.0641 e. The molecule has 0 aromatic rings. The lowest BCUT2D eigenvalue weighted by molar-refractivity contribution is 0.130. The van der Waals surface area contributed by atoms with Gasteiger partial charge in [-0.2, -0.15) is 0 Å². The van der Waals surface area contributed by atoms with Crippen molar-refractivity contribution in [1.82, 2.24) is 5.32 Å². The third-order valence-electron chi connectivity index (χ3n) is 1.92. The molecule has 0 amide bonds. The van der Waals surface area contributed by atoms with Crippen LogP contribution >= 0.6 is 12.4 Å². The van der Waals surface area contributed by atoms with Gasteiger partial charge in [-0.25, -0.2) is 0 Å². The van der Waals surface area contributed by atoms with E-state index >= 15 is 0 Å². The van der Waals surface area contributed by atoms with Crippen molar-refractivity contribution in [3.8, 4) is 0 Å². The predicted octanol–water partition coefficient (Wildman–Crippen LogP) is 1.20. The lowest BCUT2D eigenvalue weighted by Crippen LogP contribution is -2.40. The zero-order valence-electron chi connectivity index (χ0n) is 6.64. The van der Waals surface area contributed by atoms with Crippen LogP contribution in [-0.4, -0.2) is 25.8 Å². The topological polar surface area (TPSA) is 21.3 Å². The molecule has 1 atom stereocenters. The number of hydrogen-bond acceptors (Lipinski definition) is 2. The summed E-state index contributed by atoms with van der Waals surface area (Å²) in [5.74, 6) is 0. The van der Waals surface area contributed by atoms with Gasteiger partial charge in [-0.15, -0.1) is 12.4 Å². The Kier molecular flexibility index (Phi) is 4.25. The first-order chi connectivity index (χ1) is 4.27. The van der Waals surface area contributed by atoms with E-state index in [1.165, 1.54) is 12.8 Å². The Morgan fingerprint density at radius 1 is 1.60 bits per heavy atom. The van der Waals surface area contributed by atoms with Crippen LogP contribution in [0.15, 0.2) is 0 Å². The maximum absolute atomic E-state index is 5.07. The molecule has 0 aliphatic carbocycles. The van der Waals surface area contributed by atoms with E-state index in [4.69, 9.17) is 4.74 Å². The van der Waals surface area contributed by atoms with Gasteiger partial charge in [0.15, 0.2) is 0 Å². The van der Waals surface area contributed by atoms with Crippen molar-refractivity contribution >= 4 is 12.4 Å². The Balaban J connectivity index is 0.000000810. The summed E-state index contributed by atoms with van der Waals surface area (Å²) in [5.41, 5.74) is 0.273. The number of methoxy groups -OCH3 is 1. The molecule has 0 bridgehead atoms. The second kappa shape index (κ2) is 4.16. The SMILES string of the molecule is COCC1(C)CCCN1.Cl. The van der Waals surface area contributed by atoms with E-state index in [0.29, 0.717) is 0 Å². The van der Waals surface area contributed by atoms with Crippen LogP contribution in [0.25, 0.3) is 0 Å². The highest BCUT2D eigenvalue weighted by molar-refractivity contribution is 5.85. The fourth-order valence-electron chi connectivity index (χ4n) is 1.40. The van der Waals surface area contributed by atoms with Gasteiger partial charge in [0.1, 0.15) is 0 Å². The molecule has 1 saturated heterocycles. The van der Waals surface area contributed by atoms with Crippen molar-refractivity contribution in [3.63, 3.8) is 0 Å². The van der Waals surface area contributed by atoms with Gasteiger partial charge in [-0.05, 0) is 26.3 Å². The molecule has 1 fully saturated rings. The molecule has 1 rings (SSSR count). The summed E-state index contributed by atoms with van der Waals surface area (Å²) in [5, 5.41) is 3.41. The van der Waals surface area contributed by atoms with E-state index in [1.54, 1.807) is 7.11 Å². The largest absolute Gasteiger partial charge is 0.383 e. The first kappa shape index (κ1) is 10.2. The van der Waals surface area contributed by atoms with Gasteiger partial charge in [-0.1, -0.05) is 0 Å². The number of rotatable bonds is 2. The van der Waals surface area contributed by atoms with Crippen LogP contribution in [0.3, 0.4) is 0 Å². The van der Waals surface area contributed by atoms with Gasteiger partial charge >= 0.3 is 0 Å². The molecule has 0 radical (unpaired) electrons. The van der Waals surface area contributed by atoms with Crippen molar-refractivity contribution < 1.29 is 4.74 Å². The number of halogens is 1. The van der Waals surface area contributed by atoms with Crippen LogP contribution in [0, 0.1) is 0 Å². The van der Waals surface area contributed by atoms with E-state index in [1.807, 2.05) is 0 Å². The molecular formula is C7H16ClNO.